The fourth-order valence-corrected chi connectivity index (χ4v) is 5.80. The van der Waals surface area contributed by atoms with E-state index in [2.05, 4.69) is 10.6 Å². The number of nitrogens with zero attached hydrogens (tertiary/aromatic N) is 2. The molecule has 2 saturated heterocycles. The Morgan fingerprint density at radius 2 is 1.11 bits per heavy atom. The van der Waals surface area contributed by atoms with E-state index < -0.39 is 19.7 Å². The fraction of sp³-hybridized carbons (Fsp3) is 0.500. The summed E-state index contributed by atoms with van der Waals surface area (Å²) in [5, 5.41) is 29.6. The van der Waals surface area contributed by atoms with Gasteiger partial charge in [-0.1, -0.05) is 0 Å². The molecule has 0 amide bonds. The molecule has 2 aliphatic rings. The predicted molar refractivity (Wildman–Crippen MR) is 136 cm³/mol. The maximum Gasteiger partial charge on any atom is 0.293 e. The molecule has 2 aromatic rings. The second-order valence-electron chi connectivity index (χ2n) is 9.25. The van der Waals surface area contributed by atoms with Gasteiger partial charge in [0.2, 0.25) is 9.84 Å². The zero-order chi connectivity index (χ0) is 26.4. The lowest BCUT2D eigenvalue weighted by molar-refractivity contribution is -0.384. The third-order valence-electron chi connectivity index (χ3n) is 6.80. The molecule has 0 radical (unpaired) electrons. The molecule has 12 nitrogen and oxygen atoms in total. The van der Waals surface area contributed by atoms with Crippen molar-refractivity contribution in [2.75, 3.05) is 50.2 Å². The third-order valence-corrected chi connectivity index (χ3v) is 8.55. The Labute approximate surface area is 214 Å². The Morgan fingerprint density at radius 3 is 1.46 bits per heavy atom. The third kappa shape index (κ3) is 6.53. The van der Waals surface area contributed by atoms with Crippen molar-refractivity contribution in [1.82, 2.24) is 0 Å². The molecule has 0 aromatic heterocycles. The van der Waals surface area contributed by atoms with E-state index >= 15 is 0 Å². The summed E-state index contributed by atoms with van der Waals surface area (Å²) in [6.07, 6.45) is 3.36. The molecule has 2 aromatic carbocycles. The summed E-state index contributed by atoms with van der Waals surface area (Å²) in [7, 11) is -4.25. The van der Waals surface area contributed by atoms with Crippen molar-refractivity contribution in [3.63, 3.8) is 0 Å². The molecule has 2 N–H and O–H groups in total. The minimum atomic E-state index is -4.25. The van der Waals surface area contributed by atoms with Crippen molar-refractivity contribution < 1.29 is 27.7 Å². The van der Waals surface area contributed by atoms with E-state index in [1.54, 1.807) is 0 Å². The molecule has 2 fully saturated rings. The summed E-state index contributed by atoms with van der Waals surface area (Å²) in [6, 6.07) is 7.26. The molecule has 0 atom stereocenters. The maximum absolute atomic E-state index is 13.3. The highest BCUT2D eigenvalue weighted by Crippen LogP contribution is 2.34. The molecule has 37 heavy (non-hydrogen) atoms. The van der Waals surface area contributed by atoms with Gasteiger partial charge in [-0.05, 0) is 61.8 Å². The average Bonchev–Trinajstić information content (AvgIpc) is 2.91. The van der Waals surface area contributed by atoms with E-state index in [0.717, 1.165) is 37.8 Å². The molecule has 0 bridgehead atoms. The van der Waals surface area contributed by atoms with Crippen LogP contribution in [-0.2, 0) is 19.3 Å². The van der Waals surface area contributed by atoms with Crippen LogP contribution in [0.25, 0.3) is 0 Å². The van der Waals surface area contributed by atoms with Crippen LogP contribution < -0.4 is 10.6 Å². The predicted octanol–water partition coefficient (Wildman–Crippen LogP) is 4.01. The Kier molecular flexibility index (Phi) is 8.56. The number of benzene rings is 2. The summed E-state index contributed by atoms with van der Waals surface area (Å²) in [6.45, 7) is 3.57. The number of rotatable bonds is 10. The minimum absolute atomic E-state index is 0.217. The Balaban J connectivity index is 1.55. The van der Waals surface area contributed by atoms with Crippen LogP contribution in [0.15, 0.2) is 46.2 Å². The normalized spacial score (nSPS) is 17.3. The number of ether oxygens (including phenoxy) is 2. The first-order chi connectivity index (χ1) is 17.8. The highest BCUT2D eigenvalue weighted by atomic mass is 32.2. The Bertz CT molecular complexity index is 1150. The van der Waals surface area contributed by atoms with Gasteiger partial charge in [0.05, 0.1) is 19.6 Å². The van der Waals surface area contributed by atoms with E-state index in [4.69, 9.17) is 9.47 Å². The van der Waals surface area contributed by atoms with Crippen molar-refractivity contribution in [1.29, 1.82) is 0 Å². The zero-order valence-corrected chi connectivity index (χ0v) is 21.1. The van der Waals surface area contributed by atoms with Gasteiger partial charge in [-0.15, -0.1) is 0 Å². The molecule has 0 aliphatic carbocycles. The monoisotopic (exact) mass is 534 g/mol. The van der Waals surface area contributed by atoms with Crippen molar-refractivity contribution in [2.45, 2.75) is 35.5 Å². The first-order valence-corrected chi connectivity index (χ1v) is 13.7. The molecule has 200 valence electrons. The maximum atomic E-state index is 13.3. The molecular weight excluding hydrogens is 504 g/mol. The molecular formula is C24H30N4O8S. The summed E-state index contributed by atoms with van der Waals surface area (Å²) in [4.78, 5) is 21.5. The largest absolute Gasteiger partial charge is 0.381 e. The minimum Gasteiger partial charge on any atom is -0.381 e. The molecule has 4 rings (SSSR count). The van der Waals surface area contributed by atoms with Crippen molar-refractivity contribution >= 4 is 32.6 Å². The number of anilines is 2. The van der Waals surface area contributed by atoms with Crippen LogP contribution in [0.4, 0.5) is 22.7 Å². The Hall–Kier alpha value is -3.29. The second-order valence-corrected chi connectivity index (χ2v) is 11.2. The molecule has 0 unspecified atom stereocenters. The quantitative estimate of drug-likeness (QED) is 0.336. The van der Waals surface area contributed by atoms with Crippen LogP contribution in [0.1, 0.15) is 25.7 Å². The second kappa shape index (κ2) is 11.8. The highest BCUT2D eigenvalue weighted by molar-refractivity contribution is 7.91. The van der Waals surface area contributed by atoms with Crippen LogP contribution in [0, 0.1) is 32.1 Å². The van der Waals surface area contributed by atoms with Crippen molar-refractivity contribution in [2.24, 2.45) is 11.8 Å². The van der Waals surface area contributed by atoms with Crippen LogP contribution in [0.2, 0.25) is 0 Å². The molecule has 2 heterocycles. The van der Waals surface area contributed by atoms with E-state index in [1.165, 1.54) is 24.3 Å². The lowest BCUT2D eigenvalue weighted by Gasteiger charge is -2.22. The van der Waals surface area contributed by atoms with Gasteiger partial charge >= 0.3 is 0 Å². The van der Waals surface area contributed by atoms with E-state index in [-0.39, 0.29) is 32.5 Å². The fourth-order valence-electron chi connectivity index (χ4n) is 4.50. The van der Waals surface area contributed by atoms with Crippen molar-refractivity contribution in [3.05, 3.63) is 56.6 Å². The van der Waals surface area contributed by atoms with Crippen LogP contribution in [0.5, 0.6) is 0 Å². The summed E-state index contributed by atoms with van der Waals surface area (Å²) in [5.74, 6) is 0.603. The number of nitro benzene ring substituents is 2. The van der Waals surface area contributed by atoms with Gasteiger partial charge in [-0.3, -0.25) is 20.2 Å². The van der Waals surface area contributed by atoms with Gasteiger partial charge in [-0.25, -0.2) is 8.42 Å². The molecule has 0 spiro atoms. The molecule has 2 aliphatic heterocycles. The average molecular weight is 535 g/mol. The van der Waals surface area contributed by atoms with Gasteiger partial charge in [-0.2, -0.15) is 0 Å². The van der Waals surface area contributed by atoms with Crippen LogP contribution in [-0.4, -0.2) is 57.8 Å². The van der Waals surface area contributed by atoms with E-state index in [1.807, 2.05) is 0 Å². The number of hydrogen-bond acceptors (Lipinski definition) is 10. The van der Waals surface area contributed by atoms with Crippen LogP contribution >= 0.6 is 0 Å². The van der Waals surface area contributed by atoms with Crippen molar-refractivity contribution in [3.8, 4) is 0 Å². The summed E-state index contributed by atoms with van der Waals surface area (Å²) in [5.41, 5.74) is -0.321. The standard InChI is InChI=1S/C24H30N4O8S/c29-27(30)23-13-19(1-3-21(23)25-15-17-5-9-35-10-6-17)37(33,34)20-2-4-22(24(14-20)28(31)32)26-16-18-7-11-36-12-8-18/h1-4,13-14,17-18,25-26H,5-12,15-16H2. The van der Waals surface area contributed by atoms with Gasteiger partial charge in [0.25, 0.3) is 11.4 Å². The van der Waals surface area contributed by atoms with Gasteiger partial charge < -0.3 is 20.1 Å². The number of nitrogens with one attached hydrogen (secondary N) is 2. The number of nitro groups is 2. The van der Waals surface area contributed by atoms with Gasteiger partial charge in [0.15, 0.2) is 0 Å². The lowest BCUT2D eigenvalue weighted by atomic mass is 10.0. The Morgan fingerprint density at radius 1 is 0.730 bits per heavy atom. The van der Waals surface area contributed by atoms with Crippen LogP contribution in [0.3, 0.4) is 0 Å². The zero-order valence-electron chi connectivity index (χ0n) is 20.3. The van der Waals surface area contributed by atoms with Gasteiger partial charge in [0, 0.05) is 51.6 Å². The van der Waals surface area contributed by atoms with E-state index in [9.17, 15) is 28.6 Å². The topological polar surface area (TPSA) is 163 Å². The summed E-state index contributed by atoms with van der Waals surface area (Å²) < 4.78 is 37.3. The SMILES string of the molecule is O=[N+]([O-])c1cc(S(=O)(=O)c2ccc(NCC3CCOCC3)c([N+](=O)[O-])c2)ccc1NCC1CCOCC1. The first-order valence-electron chi connectivity index (χ1n) is 12.2. The molecule has 13 heteroatoms. The lowest BCUT2D eigenvalue weighted by Crippen LogP contribution is -2.23. The van der Waals surface area contributed by atoms with Gasteiger partial charge in [0.1, 0.15) is 11.4 Å². The molecule has 0 saturated carbocycles. The van der Waals surface area contributed by atoms with E-state index in [0.29, 0.717) is 51.4 Å². The number of sulfone groups is 1. The highest BCUT2D eigenvalue weighted by Gasteiger charge is 2.27. The number of hydrogen-bond donors (Lipinski definition) is 2. The smallest absolute Gasteiger partial charge is 0.293 e. The summed E-state index contributed by atoms with van der Waals surface area (Å²) >= 11 is 0. The first kappa shape index (κ1) is 26.8.